The summed E-state index contributed by atoms with van der Waals surface area (Å²) in [7, 11) is 0. The largest absolute Gasteiger partial charge is 0.359 e. The third kappa shape index (κ3) is 1.43. The summed E-state index contributed by atoms with van der Waals surface area (Å²) in [5, 5.41) is 1.11. The molecule has 0 spiro atoms. The van der Waals surface area contributed by atoms with Crippen LogP contribution in [-0.2, 0) is 0 Å². The number of aromatic amines is 1. The minimum atomic E-state index is -0.489. The third-order valence-electron chi connectivity index (χ3n) is 1.75. The molecule has 1 heterocycles. The number of aromatic nitrogens is 1. The zero-order chi connectivity index (χ0) is 9.59. The Morgan fingerprint density at radius 2 is 2.08 bits per heavy atom. The molecule has 1 aromatic carbocycles. The van der Waals surface area contributed by atoms with Gasteiger partial charge >= 0.3 is 0 Å². The van der Waals surface area contributed by atoms with Gasteiger partial charge in [0.25, 0.3) is 0 Å². The Labute approximate surface area is 97.4 Å². The Bertz CT molecular complexity index is 480. The van der Waals surface area contributed by atoms with Crippen LogP contribution in [0, 0.1) is 9.39 Å². The fourth-order valence-electron chi connectivity index (χ4n) is 1.17. The predicted molar refractivity (Wildman–Crippen MR) is 61.0 cm³/mol. The molecule has 0 atom stereocenters. The van der Waals surface area contributed by atoms with Gasteiger partial charge in [-0.25, -0.2) is 4.39 Å². The lowest BCUT2D eigenvalue weighted by molar-refractivity contribution is 0.630. The summed E-state index contributed by atoms with van der Waals surface area (Å²) in [6, 6.07) is 1.21. The molecule has 0 unspecified atom stereocenters. The summed E-state index contributed by atoms with van der Waals surface area (Å²) in [4.78, 5) is 2.93. The molecular weight excluding hydrogens is 327 g/mol. The van der Waals surface area contributed by atoms with Gasteiger partial charge < -0.3 is 4.98 Å². The SMILES string of the molecule is Fc1cc(Cl)c2[nH]cc(I)c2c1Cl. The van der Waals surface area contributed by atoms with Crippen molar-refractivity contribution in [1.29, 1.82) is 0 Å². The first-order valence-corrected chi connectivity index (χ1v) is 5.25. The Balaban J connectivity index is 3.00. The number of fused-ring (bicyclic) bond motifs is 1. The molecule has 0 aliphatic heterocycles. The van der Waals surface area contributed by atoms with Crippen molar-refractivity contribution < 1.29 is 4.39 Å². The maximum atomic E-state index is 13.1. The second-order valence-corrected chi connectivity index (χ2v) is 4.49. The normalized spacial score (nSPS) is 11.1. The Kier molecular flexibility index (Phi) is 2.42. The minimum Gasteiger partial charge on any atom is -0.359 e. The number of rotatable bonds is 0. The summed E-state index contributed by atoms with van der Waals surface area (Å²) in [6.07, 6.45) is 1.74. The van der Waals surface area contributed by atoms with Crippen molar-refractivity contribution >= 4 is 56.7 Å². The highest BCUT2D eigenvalue weighted by Gasteiger charge is 2.13. The molecule has 0 amide bonds. The van der Waals surface area contributed by atoms with Crippen LogP contribution in [0.2, 0.25) is 10.0 Å². The van der Waals surface area contributed by atoms with Crippen LogP contribution in [0.5, 0.6) is 0 Å². The number of nitrogens with one attached hydrogen (secondary N) is 1. The van der Waals surface area contributed by atoms with E-state index in [9.17, 15) is 4.39 Å². The van der Waals surface area contributed by atoms with Gasteiger partial charge in [0.2, 0.25) is 0 Å². The molecule has 0 aliphatic carbocycles. The van der Waals surface area contributed by atoms with Crippen molar-refractivity contribution in [1.82, 2.24) is 4.98 Å². The van der Waals surface area contributed by atoms with Crippen molar-refractivity contribution in [3.8, 4) is 0 Å². The quantitative estimate of drug-likeness (QED) is 0.550. The average Bonchev–Trinajstić information content (AvgIpc) is 2.44. The fraction of sp³-hybridized carbons (Fsp3) is 0. The van der Waals surface area contributed by atoms with Gasteiger partial charge in [-0.2, -0.15) is 0 Å². The van der Waals surface area contributed by atoms with Gasteiger partial charge in [0.05, 0.1) is 15.6 Å². The van der Waals surface area contributed by atoms with Crippen LogP contribution in [0.4, 0.5) is 4.39 Å². The van der Waals surface area contributed by atoms with Gasteiger partial charge in [-0.15, -0.1) is 0 Å². The van der Waals surface area contributed by atoms with Gasteiger partial charge in [0.15, 0.2) is 0 Å². The lowest BCUT2D eigenvalue weighted by atomic mass is 10.2. The molecule has 1 N–H and O–H groups in total. The third-order valence-corrected chi connectivity index (χ3v) is 3.27. The lowest BCUT2D eigenvalue weighted by Crippen LogP contribution is -1.80. The summed E-state index contributed by atoms with van der Waals surface area (Å²) >= 11 is 13.7. The highest BCUT2D eigenvalue weighted by molar-refractivity contribution is 14.1. The number of hydrogen-bond donors (Lipinski definition) is 1. The topological polar surface area (TPSA) is 15.8 Å². The van der Waals surface area contributed by atoms with E-state index >= 15 is 0 Å². The second kappa shape index (κ2) is 3.29. The van der Waals surface area contributed by atoms with Crippen LogP contribution >= 0.6 is 45.8 Å². The predicted octanol–water partition coefficient (Wildman–Crippen LogP) is 4.22. The lowest BCUT2D eigenvalue weighted by Gasteiger charge is -1.99. The molecule has 68 valence electrons. The van der Waals surface area contributed by atoms with E-state index in [0.717, 1.165) is 3.57 Å². The zero-order valence-corrected chi connectivity index (χ0v) is 9.84. The summed E-state index contributed by atoms with van der Waals surface area (Å²) < 4.78 is 14.0. The Morgan fingerprint density at radius 3 is 2.77 bits per heavy atom. The van der Waals surface area contributed by atoms with Crippen LogP contribution < -0.4 is 0 Å². The molecule has 0 saturated heterocycles. The van der Waals surface area contributed by atoms with Crippen LogP contribution in [0.3, 0.4) is 0 Å². The fourth-order valence-corrected chi connectivity index (χ4v) is 2.52. The molecule has 0 bridgehead atoms. The van der Waals surface area contributed by atoms with Gasteiger partial charge in [-0.05, 0) is 28.7 Å². The molecule has 0 fully saturated rings. The van der Waals surface area contributed by atoms with Crippen molar-refractivity contribution in [2.24, 2.45) is 0 Å². The smallest absolute Gasteiger partial charge is 0.144 e. The molecule has 1 nitrogen and oxygen atoms in total. The molecule has 1 aromatic heterocycles. The molecule has 5 heteroatoms. The monoisotopic (exact) mass is 329 g/mol. The average molecular weight is 330 g/mol. The molecule has 2 aromatic rings. The van der Waals surface area contributed by atoms with E-state index in [1.807, 2.05) is 0 Å². The van der Waals surface area contributed by atoms with Crippen molar-refractivity contribution in [2.75, 3.05) is 0 Å². The molecule has 13 heavy (non-hydrogen) atoms. The van der Waals surface area contributed by atoms with E-state index in [0.29, 0.717) is 15.9 Å². The summed E-state index contributed by atoms with van der Waals surface area (Å²) in [5.74, 6) is -0.489. The number of halogens is 4. The van der Waals surface area contributed by atoms with Crippen LogP contribution in [0.1, 0.15) is 0 Å². The van der Waals surface area contributed by atoms with E-state index in [2.05, 4.69) is 27.6 Å². The first kappa shape index (κ1) is 9.55. The molecule has 0 radical (unpaired) electrons. The summed E-state index contributed by atoms with van der Waals surface area (Å²) in [5.41, 5.74) is 0.678. The second-order valence-electron chi connectivity index (χ2n) is 2.54. The molecule has 0 saturated carbocycles. The van der Waals surface area contributed by atoms with E-state index in [-0.39, 0.29) is 5.02 Å². The maximum absolute atomic E-state index is 13.1. The van der Waals surface area contributed by atoms with Crippen LogP contribution in [0.25, 0.3) is 10.9 Å². The molecular formula is C8H3Cl2FIN. The first-order valence-electron chi connectivity index (χ1n) is 3.41. The van der Waals surface area contributed by atoms with Gasteiger partial charge in [0.1, 0.15) is 5.82 Å². The Hall–Kier alpha value is -0.0000000000000000555. The summed E-state index contributed by atoms with van der Waals surface area (Å²) in [6.45, 7) is 0. The minimum absolute atomic E-state index is 0.116. The van der Waals surface area contributed by atoms with Gasteiger partial charge in [0, 0.05) is 15.2 Å². The van der Waals surface area contributed by atoms with E-state index in [1.165, 1.54) is 6.07 Å². The first-order chi connectivity index (χ1) is 6.11. The zero-order valence-electron chi connectivity index (χ0n) is 6.17. The standard InChI is InChI=1S/C8H3Cl2FIN/c9-3-1-4(11)7(10)6-5(12)2-13-8(3)6/h1-2,13H. The highest BCUT2D eigenvalue weighted by Crippen LogP contribution is 2.34. The molecule has 2 rings (SSSR count). The van der Waals surface area contributed by atoms with E-state index < -0.39 is 5.82 Å². The highest BCUT2D eigenvalue weighted by atomic mass is 127. The maximum Gasteiger partial charge on any atom is 0.144 e. The van der Waals surface area contributed by atoms with E-state index in [1.54, 1.807) is 6.20 Å². The van der Waals surface area contributed by atoms with Crippen LogP contribution in [-0.4, -0.2) is 4.98 Å². The molecule has 0 aliphatic rings. The van der Waals surface area contributed by atoms with Crippen molar-refractivity contribution in [2.45, 2.75) is 0 Å². The van der Waals surface area contributed by atoms with E-state index in [4.69, 9.17) is 23.2 Å². The van der Waals surface area contributed by atoms with Gasteiger partial charge in [-0.3, -0.25) is 0 Å². The van der Waals surface area contributed by atoms with Gasteiger partial charge in [-0.1, -0.05) is 23.2 Å². The number of benzene rings is 1. The van der Waals surface area contributed by atoms with Crippen LogP contribution in [0.15, 0.2) is 12.3 Å². The Morgan fingerprint density at radius 1 is 1.38 bits per heavy atom. The number of hydrogen-bond acceptors (Lipinski definition) is 0. The van der Waals surface area contributed by atoms with Crippen molar-refractivity contribution in [3.63, 3.8) is 0 Å². The van der Waals surface area contributed by atoms with Crippen molar-refractivity contribution in [3.05, 3.63) is 31.7 Å². The number of H-pyrrole nitrogens is 1.